The fraction of sp³-hybridized carbons (Fsp3) is 0.435. The first-order chi connectivity index (χ1) is 15.0. The summed E-state index contributed by atoms with van der Waals surface area (Å²) < 4.78 is 29.7. The van der Waals surface area contributed by atoms with Crippen LogP contribution in [0, 0.1) is 5.82 Å². The Morgan fingerprint density at radius 2 is 1.94 bits per heavy atom. The second-order valence-electron chi connectivity index (χ2n) is 7.46. The average molecular weight is 451 g/mol. The number of ether oxygens (including phenoxy) is 3. The third kappa shape index (κ3) is 6.56. The molecular weight excluding hydrogens is 423 g/mol. The Balaban J connectivity index is 1.50. The summed E-state index contributed by atoms with van der Waals surface area (Å²) in [5.74, 6) is 0.294. The van der Waals surface area contributed by atoms with Gasteiger partial charge in [0.15, 0.2) is 11.6 Å². The molecule has 3 rings (SSSR count). The zero-order valence-corrected chi connectivity index (χ0v) is 18.6. The molecule has 2 aromatic rings. The van der Waals surface area contributed by atoms with Crippen molar-refractivity contribution in [3.63, 3.8) is 0 Å². The summed E-state index contributed by atoms with van der Waals surface area (Å²) in [5.41, 5.74) is 1.50. The highest BCUT2D eigenvalue weighted by Gasteiger charge is 2.22. The summed E-state index contributed by atoms with van der Waals surface area (Å²) in [6, 6.07) is 10.0. The summed E-state index contributed by atoms with van der Waals surface area (Å²) in [6.07, 6.45) is 1.76. The molecule has 1 heterocycles. The van der Waals surface area contributed by atoms with Crippen LogP contribution >= 0.6 is 11.6 Å². The molecule has 6 nitrogen and oxygen atoms in total. The van der Waals surface area contributed by atoms with Crippen LogP contribution in [0.5, 0.6) is 11.5 Å². The molecule has 31 heavy (non-hydrogen) atoms. The topological polar surface area (TPSA) is 60.0 Å². The van der Waals surface area contributed by atoms with E-state index in [4.69, 9.17) is 25.8 Å². The van der Waals surface area contributed by atoms with Gasteiger partial charge in [-0.05, 0) is 48.7 Å². The van der Waals surface area contributed by atoms with E-state index in [-0.39, 0.29) is 23.6 Å². The van der Waals surface area contributed by atoms with Gasteiger partial charge in [-0.15, -0.1) is 0 Å². The number of hydrogen-bond donors (Lipinski definition) is 1. The Bertz CT molecular complexity index is 888. The fourth-order valence-corrected chi connectivity index (χ4v) is 3.76. The Hall–Kier alpha value is -2.35. The van der Waals surface area contributed by atoms with Crippen molar-refractivity contribution in [3.8, 4) is 11.5 Å². The number of methoxy groups -OCH3 is 2. The maximum atomic E-state index is 13.6. The molecule has 0 radical (unpaired) electrons. The largest absolute Gasteiger partial charge is 0.494 e. The Morgan fingerprint density at radius 1 is 1.16 bits per heavy atom. The highest BCUT2D eigenvalue weighted by atomic mass is 35.5. The summed E-state index contributed by atoms with van der Waals surface area (Å²) in [6.45, 7) is 3.35. The van der Waals surface area contributed by atoms with Crippen LogP contribution in [0.2, 0.25) is 5.02 Å². The van der Waals surface area contributed by atoms with Gasteiger partial charge in [-0.1, -0.05) is 17.7 Å². The third-order valence-corrected chi connectivity index (χ3v) is 5.53. The van der Waals surface area contributed by atoms with Gasteiger partial charge >= 0.3 is 0 Å². The molecular formula is C23H28ClFN2O4. The highest BCUT2D eigenvalue weighted by molar-refractivity contribution is 6.32. The lowest BCUT2D eigenvalue weighted by Crippen LogP contribution is -2.37. The number of likely N-dealkylation sites (tertiary alicyclic amines) is 1. The monoisotopic (exact) mass is 450 g/mol. The molecule has 1 fully saturated rings. The molecule has 1 N–H and O–H groups in total. The molecule has 1 aliphatic heterocycles. The Kier molecular flexibility index (Phi) is 8.51. The number of nitrogens with zero attached hydrogens (tertiary/aromatic N) is 1. The molecule has 0 saturated carbocycles. The van der Waals surface area contributed by atoms with Crippen LogP contribution in [0.1, 0.15) is 28.8 Å². The lowest BCUT2D eigenvalue weighted by molar-refractivity contribution is 0.0935. The Morgan fingerprint density at radius 3 is 2.61 bits per heavy atom. The normalized spacial score (nSPS) is 15.0. The van der Waals surface area contributed by atoms with Crippen molar-refractivity contribution >= 4 is 17.5 Å². The average Bonchev–Trinajstić information content (AvgIpc) is 2.77. The molecule has 168 valence electrons. The minimum atomic E-state index is -0.353. The zero-order chi connectivity index (χ0) is 22.2. The van der Waals surface area contributed by atoms with Crippen LogP contribution in [-0.4, -0.2) is 57.4 Å². The molecule has 1 amide bonds. The molecule has 0 aromatic heterocycles. The second kappa shape index (κ2) is 11.3. The Labute approximate surface area is 187 Å². The summed E-state index contributed by atoms with van der Waals surface area (Å²) in [5, 5.41) is 3.18. The van der Waals surface area contributed by atoms with E-state index in [9.17, 15) is 9.18 Å². The van der Waals surface area contributed by atoms with Gasteiger partial charge in [0.1, 0.15) is 11.9 Å². The van der Waals surface area contributed by atoms with Gasteiger partial charge in [0.25, 0.3) is 5.91 Å². The second-order valence-corrected chi connectivity index (χ2v) is 7.86. The molecule has 0 aliphatic carbocycles. The van der Waals surface area contributed by atoms with E-state index < -0.39 is 0 Å². The first-order valence-electron chi connectivity index (χ1n) is 10.3. The number of carbonyl (C=O) groups is 1. The van der Waals surface area contributed by atoms with Crippen LogP contribution in [-0.2, 0) is 11.3 Å². The van der Waals surface area contributed by atoms with Crippen molar-refractivity contribution in [1.29, 1.82) is 0 Å². The number of piperidine rings is 1. The van der Waals surface area contributed by atoms with Crippen LogP contribution in [0.25, 0.3) is 0 Å². The van der Waals surface area contributed by atoms with E-state index in [0.29, 0.717) is 29.5 Å². The number of carbonyl (C=O) groups excluding carboxylic acids is 1. The quantitative estimate of drug-likeness (QED) is 0.587. The van der Waals surface area contributed by atoms with Crippen molar-refractivity contribution in [3.05, 3.63) is 58.4 Å². The predicted octanol–water partition coefficient (Wildman–Crippen LogP) is 3.91. The number of halogens is 2. The first-order valence-corrected chi connectivity index (χ1v) is 10.7. The molecule has 0 spiro atoms. The number of hydrogen-bond acceptors (Lipinski definition) is 5. The fourth-order valence-electron chi connectivity index (χ4n) is 3.53. The van der Waals surface area contributed by atoms with Crippen molar-refractivity contribution < 1.29 is 23.4 Å². The number of rotatable bonds is 9. The van der Waals surface area contributed by atoms with E-state index >= 15 is 0 Å². The maximum absolute atomic E-state index is 13.6. The van der Waals surface area contributed by atoms with Crippen molar-refractivity contribution in [1.82, 2.24) is 10.2 Å². The molecule has 1 saturated heterocycles. The lowest BCUT2D eigenvalue weighted by Gasteiger charge is -2.32. The number of nitrogens with one attached hydrogen (secondary N) is 1. The van der Waals surface area contributed by atoms with Crippen LogP contribution in [0.15, 0.2) is 36.4 Å². The summed E-state index contributed by atoms with van der Waals surface area (Å²) in [4.78, 5) is 14.4. The first kappa shape index (κ1) is 23.3. The van der Waals surface area contributed by atoms with Gasteiger partial charge in [0, 0.05) is 38.9 Å². The van der Waals surface area contributed by atoms with Crippen molar-refractivity contribution in [2.24, 2.45) is 0 Å². The smallest absolute Gasteiger partial charge is 0.251 e. The molecule has 8 heteroatoms. The minimum absolute atomic E-state index is 0.0536. The molecule has 0 unspecified atom stereocenters. The number of amides is 1. The third-order valence-electron chi connectivity index (χ3n) is 5.24. The van der Waals surface area contributed by atoms with Crippen LogP contribution < -0.4 is 14.8 Å². The van der Waals surface area contributed by atoms with E-state index in [1.165, 1.54) is 13.2 Å². The molecule has 0 atom stereocenters. The van der Waals surface area contributed by atoms with E-state index in [2.05, 4.69) is 10.2 Å². The molecule has 0 bridgehead atoms. The minimum Gasteiger partial charge on any atom is -0.494 e. The summed E-state index contributed by atoms with van der Waals surface area (Å²) in [7, 11) is 3.05. The molecule has 2 aromatic carbocycles. The van der Waals surface area contributed by atoms with Crippen LogP contribution in [0.3, 0.4) is 0 Å². The lowest BCUT2D eigenvalue weighted by atomic mass is 10.1. The van der Waals surface area contributed by atoms with E-state index in [0.717, 1.165) is 38.0 Å². The summed E-state index contributed by atoms with van der Waals surface area (Å²) >= 11 is 6.35. The van der Waals surface area contributed by atoms with Gasteiger partial charge in [-0.2, -0.15) is 0 Å². The maximum Gasteiger partial charge on any atom is 0.251 e. The van der Waals surface area contributed by atoms with E-state index in [1.807, 2.05) is 0 Å². The SMILES string of the molecule is COCCNC(=O)c1ccc(OC2CCN(Cc3ccc(F)c(OC)c3)CC2)c(Cl)c1. The standard InChI is InChI=1S/C23H28ClFN2O4/c1-29-12-9-26-23(28)17-4-6-21(19(24)14-17)31-18-7-10-27(11-8-18)15-16-3-5-20(25)22(13-16)30-2/h3-6,13-14,18H,7-12,15H2,1-2H3,(H,26,28). The predicted molar refractivity (Wildman–Crippen MR) is 118 cm³/mol. The van der Waals surface area contributed by atoms with Gasteiger partial charge in [-0.3, -0.25) is 9.69 Å². The van der Waals surface area contributed by atoms with E-state index in [1.54, 1.807) is 37.4 Å². The highest BCUT2D eigenvalue weighted by Crippen LogP contribution is 2.29. The van der Waals surface area contributed by atoms with Crippen LogP contribution in [0.4, 0.5) is 4.39 Å². The number of benzene rings is 2. The van der Waals surface area contributed by atoms with Crippen molar-refractivity contribution in [2.45, 2.75) is 25.5 Å². The van der Waals surface area contributed by atoms with Gasteiger partial charge in [-0.25, -0.2) is 4.39 Å². The zero-order valence-electron chi connectivity index (χ0n) is 17.8. The molecule has 1 aliphatic rings. The van der Waals surface area contributed by atoms with Gasteiger partial charge in [0.2, 0.25) is 0 Å². The van der Waals surface area contributed by atoms with Gasteiger partial charge < -0.3 is 19.5 Å². The van der Waals surface area contributed by atoms with Gasteiger partial charge in [0.05, 0.1) is 18.7 Å². The van der Waals surface area contributed by atoms with Crippen molar-refractivity contribution in [2.75, 3.05) is 40.5 Å².